The van der Waals surface area contributed by atoms with Crippen LogP contribution in [0, 0.1) is 23.0 Å². The first-order chi connectivity index (χ1) is 19.3. The molecule has 0 fully saturated rings. The number of amides is 1. The average Bonchev–Trinajstić information content (AvgIpc) is 2.97. The van der Waals surface area contributed by atoms with E-state index in [1.54, 1.807) is 13.1 Å². The number of anilines is 2. The molecule has 204 valence electrons. The maximum Gasteiger partial charge on any atom is 0.274 e. The summed E-state index contributed by atoms with van der Waals surface area (Å²) < 4.78 is 26.9. The Labute approximate surface area is 229 Å². The number of halogens is 2. The van der Waals surface area contributed by atoms with E-state index in [1.807, 2.05) is 30.3 Å². The lowest BCUT2D eigenvalue weighted by atomic mass is 10.1. The van der Waals surface area contributed by atoms with Crippen molar-refractivity contribution in [2.45, 2.75) is 32.4 Å². The van der Waals surface area contributed by atoms with Crippen LogP contribution in [-0.2, 0) is 13.0 Å². The molecule has 10 nitrogen and oxygen atoms in total. The van der Waals surface area contributed by atoms with Gasteiger partial charge in [-0.1, -0.05) is 30.3 Å². The number of nitriles is 1. The number of carbonyl (C=O) groups is 1. The summed E-state index contributed by atoms with van der Waals surface area (Å²) in [7, 11) is 0. The van der Waals surface area contributed by atoms with Crippen LogP contribution in [0.15, 0.2) is 54.9 Å². The fourth-order valence-corrected chi connectivity index (χ4v) is 3.87. The lowest BCUT2D eigenvalue weighted by Crippen LogP contribution is -2.29. The molecule has 1 atom stereocenters. The molecule has 0 aliphatic heterocycles. The first kappa shape index (κ1) is 28.0. The number of aryl methyl sites for hydroxylation is 1. The molecule has 0 saturated carbocycles. The lowest BCUT2D eigenvalue weighted by Gasteiger charge is -2.16. The molecule has 0 saturated heterocycles. The first-order valence-electron chi connectivity index (χ1n) is 12.5. The standard InChI is InChI=1S/C28H27F2N9O/c1-16(19-8-9-21(29)22(30)11-19)37-28(40)25-27(36-14-20(12-32)38-25)35-13-17-4-6-18(7-5-17)24-15-34-26(33)23(39-24)3-2-10-31/h4-9,11,14-16H,2-3,10,13,31H2,1H3,(H2,33,34)(H,35,36)(H,37,40)/t16-/m0/s1. The van der Waals surface area contributed by atoms with Gasteiger partial charge in [0.25, 0.3) is 5.91 Å². The molecule has 0 radical (unpaired) electrons. The Morgan fingerprint density at radius 3 is 2.55 bits per heavy atom. The number of benzene rings is 2. The molecule has 12 heteroatoms. The van der Waals surface area contributed by atoms with Gasteiger partial charge in [0, 0.05) is 12.1 Å². The second-order valence-electron chi connectivity index (χ2n) is 8.96. The largest absolute Gasteiger partial charge is 0.382 e. The van der Waals surface area contributed by atoms with E-state index >= 15 is 0 Å². The van der Waals surface area contributed by atoms with Crippen molar-refractivity contribution in [3.05, 3.63) is 94.7 Å². The van der Waals surface area contributed by atoms with Gasteiger partial charge in [0.15, 0.2) is 28.8 Å². The molecular weight excluding hydrogens is 516 g/mol. The summed E-state index contributed by atoms with van der Waals surface area (Å²) >= 11 is 0. The fourth-order valence-electron chi connectivity index (χ4n) is 3.87. The third-order valence-electron chi connectivity index (χ3n) is 6.10. The molecule has 0 unspecified atom stereocenters. The summed E-state index contributed by atoms with van der Waals surface area (Å²) in [5, 5.41) is 15.0. The molecule has 2 aromatic carbocycles. The fraction of sp³-hybridized carbons (Fsp3) is 0.214. The van der Waals surface area contributed by atoms with Crippen LogP contribution in [0.3, 0.4) is 0 Å². The molecule has 4 aromatic rings. The van der Waals surface area contributed by atoms with Gasteiger partial charge >= 0.3 is 0 Å². The number of hydrogen-bond acceptors (Lipinski definition) is 9. The first-order valence-corrected chi connectivity index (χ1v) is 12.5. The van der Waals surface area contributed by atoms with Crippen LogP contribution in [0.5, 0.6) is 0 Å². The van der Waals surface area contributed by atoms with E-state index in [4.69, 9.17) is 11.5 Å². The highest BCUT2D eigenvalue weighted by Gasteiger charge is 2.19. The quantitative estimate of drug-likeness (QED) is 0.233. The van der Waals surface area contributed by atoms with E-state index < -0.39 is 23.6 Å². The smallest absolute Gasteiger partial charge is 0.274 e. The Balaban J connectivity index is 1.47. The number of aromatic nitrogens is 4. The number of carbonyl (C=O) groups excluding carboxylic acids is 1. The lowest BCUT2D eigenvalue weighted by molar-refractivity contribution is 0.0935. The molecular formula is C28H27F2N9O. The predicted molar refractivity (Wildman–Crippen MR) is 146 cm³/mol. The van der Waals surface area contributed by atoms with Gasteiger partial charge < -0.3 is 22.1 Å². The van der Waals surface area contributed by atoms with E-state index in [-0.39, 0.29) is 17.2 Å². The SMILES string of the molecule is C[C@H](NC(=O)c1nc(C#N)cnc1NCc1ccc(-c2cnc(N)c(CCCN)n2)cc1)c1ccc(F)c(F)c1. The van der Waals surface area contributed by atoms with Crippen molar-refractivity contribution in [2.24, 2.45) is 5.73 Å². The zero-order valence-electron chi connectivity index (χ0n) is 21.7. The normalized spacial score (nSPS) is 11.5. The van der Waals surface area contributed by atoms with Gasteiger partial charge in [0.05, 0.1) is 29.8 Å². The van der Waals surface area contributed by atoms with Gasteiger partial charge in [0.1, 0.15) is 11.9 Å². The Morgan fingerprint density at radius 1 is 1.07 bits per heavy atom. The third-order valence-corrected chi connectivity index (χ3v) is 6.10. The Morgan fingerprint density at radius 2 is 1.85 bits per heavy atom. The number of nitrogen functional groups attached to an aromatic ring is 1. The van der Waals surface area contributed by atoms with Gasteiger partial charge in [-0.15, -0.1) is 0 Å². The number of nitrogens with one attached hydrogen (secondary N) is 2. The summed E-state index contributed by atoms with van der Waals surface area (Å²) in [5.41, 5.74) is 14.9. The van der Waals surface area contributed by atoms with Crippen molar-refractivity contribution in [1.82, 2.24) is 25.3 Å². The molecule has 0 aliphatic rings. The topological polar surface area (TPSA) is 169 Å². The van der Waals surface area contributed by atoms with Crippen LogP contribution in [0.4, 0.5) is 20.4 Å². The molecule has 2 aromatic heterocycles. The maximum atomic E-state index is 13.7. The van der Waals surface area contributed by atoms with Gasteiger partial charge in [-0.3, -0.25) is 4.79 Å². The molecule has 0 aliphatic carbocycles. The summed E-state index contributed by atoms with van der Waals surface area (Å²) in [6.07, 6.45) is 4.28. The van der Waals surface area contributed by atoms with Crippen molar-refractivity contribution in [3.8, 4) is 17.3 Å². The summed E-state index contributed by atoms with van der Waals surface area (Å²) in [5.74, 6) is -2.09. The predicted octanol–water partition coefficient (Wildman–Crippen LogP) is 3.66. The molecule has 40 heavy (non-hydrogen) atoms. The Bertz CT molecular complexity index is 1550. The minimum Gasteiger partial charge on any atom is -0.382 e. The molecule has 0 bridgehead atoms. The second kappa shape index (κ2) is 12.7. The highest BCUT2D eigenvalue weighted by Crippen LogP contribution is 2.21. The van der Waals surface area contributed by atoms with E-state index in [9.17, 15) is 18.8 Å². The molecule has 1 amide bonds. The molecule has 4 rings (SSSR count). The van der Waals surface area contributed by atoms with Gasteiger partial charge in [0.2, 0.25) is 0 Å². The van der Waals surface area contributed by atoms with E-state index in [2.05, 4.69) is 30.6 Å². The number of hydrogen-bond donors (Lipinski definition) is 4. The van der Waals surface area contributed by atoms with Crippen LogP contribution < -0.4 is 22.1 Å². The van der Waals surface area contributed by atoms with Crippen LogP contribution in [-0.4, -0.2) is 32.4 Å². The average molecular weight is 544 g/mol. The molecule has 6 N–H and O–H groups in total. The molecule has 0 spiro atoms. The van der Waals surface area contributed by atoms with Gasteiger partial charge in [-0.25, -0.2) is 28.7 Å². The van der Waals surface area contributed by atoms with E-state index in [0.29, 0.717) is 42.3 Å². The number of rotatable bonds is 10. The number of nitrogens with two attached hydrogens (primary N) is 2. The van der Waals surface area contributed by atoms with Crippen molar-refractivity contribution in [2.75, 3.05) is 17.6 Å². The maximum absolute atomic E-state index is 13.7. The van der Waals surface area contributed by atoms with Crippen molar-refractivity contribution in [3.63, 3.8) is 0 Å². The monoisotopic (exact) mass is 543 g/mol. The van der Waals surface area contributed by atoms with Crippen LogP contribution in [0.2, 0.25) is 0 Å². The third kappa shape index (κ3) is 6.69. The zero-order chi connectivity index (χ0) is 28.6. The summed E-state index contributed by atoms with van der Waals surface area (Å²) in [4.78, 5) is 30.2. The van der Waals surface area contributed by atoms with Crippen molar-refractivity contribution < 1.29 is 13.6 Å². The highest BCUT2D eigenvalue weighted by molar-refractivity contribution is 5.97. The number of nitrogens with zero attached hydrogens (tertiary/aromatic N) is 5. The Hall–Kier alpha value is -5.02. The summed E-state index contributed by atoms with van der Waals surface area (Å²) in [6, 6.07) is 12.1. The van der Waals surface area contributed by atoms with E-state index in [0.717, 1.165) is 29.7 Å². The van der Waals surface area contributed by atoms with Crippen molar-refractivity contribution >= 4 is 17.5 Å². The van der Waals surface area contributed by atoms with Gasteiger partial charge in [-0.2, -0.15) is 5.26 Å². The summed E-state index contributed by atoms with van der Waals surface area (Å²) in [6.45, 7) is 2.45. The van der Waals surface area contributed by atoms with Gasteiger partial charge in [-0.05, 0) is 49.6 Å². The minimum absolute atomic E-state index is 0.0454. The molecule has 2 heterocycles. The van der Waals surface area contributed by atoms with Crippen LogP contribution in [0.1, 0.15) is 52.4 Å². The minimum atomic E-state index is -1.02. The van der Waals surface area contributed by atoms with Crippen LogP contribution in [0.25, 0.3) is 11.3 Å². The second-order valence-corrected chi connectivity index (χ2v) is 8.96. The van der Waals surface area contributed by atoms with Crippen LogP contribution >= 0.6 is 0 Å². The Kier molecular flexibility index (Phi) is 8.88. The van der Waals surface area contributed by atoms with E-state index in [1.165, 1.54) is 12.3 Å². The highest BCUT2D eigenvalue weighted by atomic mass is 19.2. The van der Waals surface area contributed by atoms with Crippen molar-refractivity contribution in [1.29, 1.82) is 5.26 Å². The zero-order valence-corrected chi connectivity index (χ0v) is 21.7.